The van der Waals surface area contributed by atoms with Crippen LogP contribution in [0.15, 0.2) is 60.9 Å². The molecule has 2 heterocycles. The van der Waals surface area contributed by atoms with Gasteiger partial charge in [0.15, 0.2) is 0 Å². The summed E-state index contributed by atoms with van der Waals surface area (Å²) >= 11 is 6.07. The highest BCUT2D eigenvalue weighted by Gasteiger charge is 2.39. The number of anilines is 1. The van der Waals surface area contributed by atoms with Gasteiger partial charge in [-0.1, -0.05) is 67.9 Å². The lowest BCUT2D eigenvalue weighted by molar-refractivity contribution is -0.122. The second kappa shape index (κ2) is 7.16. The van der Waals surface area contributed by atoms with E-state index in [2.05, 4.69) is 22.2 Å². The van der Waals surface area contributed by atoms with E-state index in [4.69, 9.17) is 11.6 Å². The van der Waals surface area contributed by atoms with Crippen LogP contribution in [-0.2, 0) is 4.79 Å². The van der Waals surface area contributed by atoms with Gasteiger partial charge < -0.3 is 0 Å². The van der Waals surface area contributed by atoms with E-state index in [-0.39, 0.29) is 23.9 Å². The molecule has 5 nitrogen and oxygen atoms in total. The van der Waals surface area contributed by atoms with Crippen LogP contribution in [0.2, 0.25) is 5.02 Å². The topological polar surface area (TPSA) is 51.0 Å². The molecule has 27 heavy (non-hydrogen) atoms. The molecule has 0 saturated carbocycles. The molecule has 0 fully saturated rings. The van der Waals surface area contributed by atoms with Crippen molar-refractivity contribution in [2.45, 2.75) is 32.4 Å². The molecule has 1 aliphatic rings. The minimum atomic E-state index is -0.131. The summed E-state index contributed by atoms with van der Waals surface area (Å²) in [6, 6.07) is 17.8. The Kier molecular flexibility index (Phi) is 4.70. The zero-order chi connectivity index (χ0) is 19.0. The lowest BCUT2D eigenvalue weighted by Gasteiger charge is -2.39. The third-order valence-electron chi connectivity index (χ3n) is 4.99. The fourth-order valence-corrected chi connectivity index (χ4v) is 3.77. The summed E-state index contributed by atoms with van der Waals surface area (Å²) < 4.78 is 1.85. The Balaban J connectivity index is 1.84. The second-order valence-electron chi connectivity index (χ2n) is 7.10. The lowest BCUT2D eigenvalue weighted by atomic mass is 9.91. The van der Waals surface area contributed by atoms with Crippen LogP contribution in [0.3, 0.4) is 0 Å². The van der Waals surface area contributed by atoms with Gasteiger partial charge in [-0.15, -0.1) is 0 Å². The Bertz CT molecular complexity index is 936. The van der Waals surface area contributed by atoms with Crippen molar-refractivity contribution in [2.75, 3.05) is 4.90 Å². The predicted octanol–water partition coefficient (Wildman–Crippen LogP) is 4.65. The van der Waals surface area contributed by atoms with Gasteiger partial charge in [0.2, 0.25) is 11.9 Å². The van der Waals surface area contributed by atoms with Crippen molar-refractivity contribution < 1.29 is 4.79 Å². The van der Waals surface area contributed by atoms with E-state index in [1.807, 2.05) is 61.0 Å². The number of hydrogen-bond donors (Lipinski definition) is 0. The van der Waals surface area contributed by atoms with Crippen molar-refractivity contribution in [2.24, 2.45) is 5.92 Å². The fraction of sp³-hybridized carbons (Fsp3) is 0.286. The van der Waals surface area contributed by atoms with E-state index in [0.717, 1.165) is 17.5 Å². The Morgan fingerprint density at radius 3 is 2.37 bits per heavy atom. The van der Waals surface area contributed by atoms with Gasteiger partial charge in [-0.2, -0.15) is 10.1 Å². The van der Waals surface area contributed by atoms with Crippen LogP contribution >= 0.6 is 11.6 Å². The smallest absolute Gasteiger partial charge is 0.232 e. The molecular weight excluding hydrogens is 360 g/mol. The lowest BCUT2D eigenvalue weighted by Crippen LogP contribution is -2.44. The molecule has 0 saturated heterocycles. The van der Waals surface area contributed by atoms with Crippen molar-refractivity contribution in [1.82, 2.24) is 14.8 Å². The Morgan fingerprint density at radius 2 is 1.70 bits per heavy atom. The summed E-state index contributed by atoms with van der Waals surface area (Å²) in [6.45, 7) is 3.83. The summed E-state index contributed by atoms with van der Waals surface area (Å²) in [5, 5.41) is 5.13. The molecule has 4 rings (SSSR count). The average Bonchev–Trinajstić information content (AvgIpc) is 3.17. The van der Waals surface area contributed by atoms with Crippen LogP contribution < -0.4 is 4.90 Å². The van der Waals surface area contributed by atoms with Gasteiger partial charge in [0, 0.05) is 10.9 Å². The molecule has 2 atom stereocenters. The number of amides is 1. The fourth-order valence-electron chi connectivity index (χ4n) is 3.65. The first kappa shape index (κ1) is 17.7. The van der Waals surface area contributed by atoms with Gasteiger partial charge in [0.05, 0.1) is 12.1 Å². The minimum Gasteiger partial charge on any atom is -0.274 e. The van der Waals surface area contributed by atoms with Crippen LogP contribution in [0.5, 0.6) is 0 Å². The zero-order valence-electron chi connectivity index (χ0n) is 15.3. The van der Waals surface area contributed by atoms with Gasteiger partial charge in [0.1, 0.15) is 6.33 Å². The maximum atomic E-state index is 13.1. The van der Waals surface area contributed by atoms with Gasteiger partial charge in [-0.05, 0) is 29.7 Å². The Hall–Kier alpha value is -2.66. The van der Waals surface area contributed by atoms with E-state index >= 15 is 0 Å². The van der Waals surface area contributed by atoms with Crippen LogP contribution in [0.4, 0.5) is 5.95 Å². The first-order valence-corrected chi connectivity index (χ1v) is 9.47. The number of aromatic nitrogens is 3. The third-order valence-corrected chi connectivity index (χ3v) is 5.25. The van der Waals surface area contributed by atoms with Gasteiger partial charge >= 0.3 is 0 Å². The Morgan fingerprint density at radius 1 is 1.04 bits per heavy atom. The van der Waals surface area contributed by atoms with Crippen molar-refractivity contribution in [3.63, 3.8) is 0 Å². The highest BCUT2D eigenvalue weighted by Crippen LogP contribution is 2.42. The molecule has 0 N–H and O–H groups in total. The molecule has 2 aromatic carbocycles. The van der Waals surface area contributed by atoms with E-state index in [0.29, 0.717) is 11.0 Å². The second-order valence-corrected chi connectivity index (χ2v) is 7.53. The van der Waals surface area contributed by atoms with Crippen molar-refractivity contribution in [3.05, 3.63) is 77.1 Å². The molecule has 1 aromatic heterocycles. The molecule has 0 aliphatic carbocycles. The van der Waals surface area contributed by atoms with Crippen molar-refractivity contribution in [1.29, 1.82) is 0 Å². The van der Waals surface area contributed by atoms with E-state index in [1.54, 1.807) is 4.90 Å². The number of rotatable bonds is 3. The molecule has 6 heteroatoms. The summed E-state index contributed by atoms with van der Waals surface area (Å²) in [5.74, 6) is 0.509. The third kappa shape index (κ3) is 3.23. The summed E-state index contributed by atoms with van der Waals surface area (Å²) in [7, 11) is 0. The molecule has 0 radical (unpaired) electrons. The average molecular weight is 381 g/mol. The number of fused-ring (bicyclic) bond motifs is 1. The van der Waals surface area contributed by atoms with E-state index in [9.17, 15) is 4.79 Å². The van der Waals surface area contributed by atoms with Crippen LogP contribution in [0.1, 0.15) is 43.5 Å². The molecule has 1 amide bonds. The standard InChI is InChI=1S/C21H21ClN4O/c1-14(2)20(27)25-18(15-6-4-3-5-7-15)12-19(26-21(25)23-13-24-26)16-8-10-17(22)11-9-16/h3-11,13-14,18-19H,12H2,1-2H3/t18-,19-/m0/s1. The number of nitrogens with zero attached hydrogens (tertiary/aromatic N) is 4. The SMILES string of the molecule is CC(C)C(=O)N1c2ncnn2[C@H](c2ccc(Cl)cc2)C[C@H]1c1ccccc1. The highest BCUT2D eigenvalue weighted by molar-refractivity contribution is 6.30. The Labute approximate surface area is 163 Å². The van der Waals surface area contributed by atoms with Gasteiger partial charge in [-0.25, -0.2) is 4.68 Å². The van der Waals surface area contributed by atoms with E-state index < -0.39 is 0 Å². The normalized spacial score (nSPS) is 19.2. The molecule has 0 unspecified atom stereocenters. The molecule has 0 bridgehead atoms. The molecule has 1 aliphatic heterocycles. The van der Waals surface area contributed by atoms with Gasteiger partial charge in [0.25, 0.3) is 0 Å². The van der Waals surface area contributed by atoms with Gasteiger partial charge in [-0.3, -0.25) is 9.69 Å². The number of carbonyl (C=O) groups excluding carboxylic acids is 1. The quantitative estimate of drug-likeness (QED) is 0.664. The number of benzene rings is 2. The van der Waals surface area contributed by atoms with Crippen molar-refractivity contribution in [3.8, 4) is 0 Å². The largest absolute Gasteiger partial charge is 0.274 e. The van der Waals surface area contributed by atoms with Crippen LogP contribution in [0, 0.1) is 5.92 Å². The maximum Gasteiger partial charge on any atom is 0.232 e. The number of hydrogen-bond acceptors (Lipinski definition) is 3. The van der Waals surface area contributed by atoms with Crippen LogP contribution in [0.25, 0.3) is 0 Å². The first-order valence-electron chi connectivity index (χ1n) is 9.09. The van der Waals surface area contributed by atoms with E-state index in [1.165, 1.54) is 6.33 Å². The highest BCUT2D eigenvalue weighted by atomic mass is 35.5. The zero-order valence-corrected chi connectivity index (χ0v) is 16.0. The minimum absolute atomic E-state index is 0.0128. The van der Waals surface area contributed by atoms with Crippen LogP contribution in [-0.4, -0.2) is 20.7 Å². The van der Waals surface area contributed by atoms with Crippen molar-refractivity contribution >= 4 is 23.5 Å². The molecular formula is C21H21ClN4O. The molecule has 0 spiro atoms. The monoisotopic (exact) mass is 380 g/mol. The maximum absolute atomic E-state index is 13.1. The summed E-state index contributed by atoms with van der Waals surface area (Å²) in [5.41, 5.74) is 2.20. The molecule has 138 valence electrons. The summed E-state index contributed by atoms with van der Waals surface area (Å²) in [6.07, 6.45) is 2.24. The first-order chi connectivity index (χ1) is 13.1. The number of carbonyl (C=O) groups is 1. The number of halogens is 1. The summed E-state index contributed by atoms with van der Waals surface area (Å²) in [4.78, 5) is 19.3. The predicted molar refractivity (Wildman–Crippen MR) is 106 cm³/mol. The molecule has 3 aromatic rings.